The largest absolute Gasteiger partial charge is 0.369 e. The minimum absolute atomic E-state index is 0.0669. The van der Waals surface area contributed by atoms with Gasteiger partial charge in [0.15, 0.2) is 6.23 Å². The Balaban J connectivity index is 1.76. The van der Waals surface area contributed by atoms with Crippen molar-refractivity contribution in [3.8, 4) is 0 Å². The Kier molecular flexibility index (Phi) is 11.0. The summed E-state index contributed by atoms with van der Waals surface area (Å²) in [5.41, 5.74) is 5.12. The second kappa shape index (κ2) is 14.0. The number of aliphatic imine (C=N–C) groups is 1. The quantitative estimate of drug-likeness (QED) is 0.171. The molecule has 0 radical (unpaired) electrons. The summed E-state index contributed by atoms with van der Waals surface area (Å²) in [7, 11) is 0. The van der Waals surface area contributed by atoms with Crippen molar-refractivity contribution in [1.82, 2.24) is 0 Å². The number of halogens is 3. The number of nitroso groups, excluding NO2 is 1. The highest BCUT2D eigenvalue weighted by atomic mass is 19.3. The van der Waals surface area contributed by atoms with Gasteiger partial charge in [0.1, 0.15) is 5.82 Å². The third-order valence-electron chi connectivity index (χ3n) is 7.93. The van der Waals surface area contributed by atoms with Gasteiger partial charge in [-0.2, -0.15) is 0 Å². The maximum Gasteiger partial charge on any atom is 0.270 e. The first-order valence-corrected chi connectivity index (χ1v) is 14.1. The smallest absolute Gasteiger partial charge is 0.270 e. The number of benzene rings is 2. The number of rotatable bonds is 11. The van der Waals surface area contributed by atoms with E-state index in [0.29, 0.717) is 47.2 Å². The molecule has 1 atom stereocenters. The van der Waals surface area contributed by atoms with Crippen LogP contribution in [0.5, 0.6) is 0 Å². The second-order valence-corrected chi connectivity index (χ2v) is 11.2. The predicted molar refractivity (Wildman–Crippen MR) is 158 cm³/mol. The molecule has 40 heavy (non-hydrogen) atoms. The van der Waals surface area contributed by atoms with Gasteiger partial charge < -0.3 is 5.11 Å². The number of allylic oxidation sites excluding steroid dienone is 4. The van der Waals surface area contributed by atoms with Gasteiger partial charge in [-0.1, -0.05) is 43.2 Å². The van der Waals surface area contributed by atoms with Crippen LogP contribution in [0.25, 0.3) is 5.57 Å². The lowest BCUT2D eigenvalue weighted by molar-refractivity contribution is 0.0174. The van der Waals surface area contributed by atoms with E-state index in [4.69, 9.17) is 0 Å². The minimum atomic E-state index is -2.93. The van der Waals surface area contributed by atoms with Gasteiger partial charge in [0.25, 0.3) is 5.92 Å². The highest BCUT2D eigenvalue weighted by Gasteiger charge is 2.25. The molecule has 3 rings (SSSR count). The first-order valence-electron chi connectivity index (χ1n) is 14.1. The third-order valence-corrected chi connectivity index (χ3v) is 7.93. The molecule has 0 heterocycles. The van der Waals surface area contributed by atoms with Gasteiger partial charge in [-0.3, -0.25) is 4.99 Å². The fraction of sp³-hybridized carbons (Fsp3) is 0.485. The average molecular weight is 555 g/mol. The molecule has 0 saturated heterocycles. The number of alkyl halides is 2. The van der Waals surface area contributed by atoms with Crippen molar-refractivity contribution in [3.63, 3.8) is 0 Å². The number of aliphatic hydroxyl groups excluding tert-OH is 1. The van der Waals surface area contributed by atoms with Crippen molar-refractivity contribution in [2.75, 3.05) is 0 Å². The van der Waals surface area contributed by atoms with E-state index in [1.54, 1.807) is 19.1 Å². The molecule has 4 nitrogen and oxygen atoms in total. The Labute approximate surface area is 236 Å². The molecule has 0 bridgehead atoms. The van der Waals surface area contributed by atoms with E-state index in [1.165, 1.54) is 23.8 Å². The molecule has 0 amide bonds. The van der Waals surface area contributed by atoms with Crippen molar-refractivity contribution >= 4 is 17.0 Å². The standard InChI is InChI=1S/C33H41F3N2O2/c1-6-7-31(37-30-17-15-27(18-23(30)4)33(5,35)36)28-16-14-26(20-29(28)34)22(3)9-8-21(2)25-12-10-24(11-13-25)19-32(39)38-40/h8-9,14-18,20,24-25,32,39H,6-7,10-13,19H2,1-5H3/b21-8+,22-9+,37-31?. The molecular weight excluding hydrogens is 513 g/mol. The molecule has 2 aromatic carbocycles. The first kappa shape index (κ1) is 31.5. The van der Waals surface area contributed by atoms with Crippen LogP contribution >= 0.6 is 0 Å². The van der Waals surface area contributed by atoms with Crippen molar-refractivity contribution in [3.05, 3.63) is 87.1 Å². The molecule has 216 valence electrons. The Bertz CT molecular complexity index is 1270. The van der Waals surface area contributed by atoms with Crippen molar-refractivity contribution in [2.45, 2.75) is 91.7 Å². The van der Waals surface area contributed by atoms with Crippen LogP contribution in [0.15, 0.2) is 64.3 Å². The van der Waals surface area contributed by atoms with E-state index < -0.39 is 12.2 Å². The van der Waals surface area contributed by atoms with Gasteiger partial charge in [-0.25, -0.2) is 13.2 Å². The maximum atomic E-state index is 15.4. The molecular formula is C33H41F3N2O2. The zero-order valence-corrected chi connectivity index (χ0v) is 24.2. The highest BCUT2D eigenvalue weighted by molar-refractivity contribution is 6.02. The van der Waals surface area contributed by atoms with Gasteiger partial charge in [0, 0.05) is 24.5 Å². The number of hydrogen-bond acceptors (Lipinski definition) is 4. The molecule has 0 spiro atoms. The summed E-state index contributed by atoms with van der Waals surface area (Å²) < 4.78 is 42.8. The Morgan fingerprint density at radius 1 is 1.10 bits per heavy atom. The van der Waals surface area contributed by atoms with E-state index in [-0.39, 0.29) is 11.4 Å². The molecule has 2 aromatic rings. The lowest BCUT2D eigenvalue weighted by Crippen LogP contribution is -2.19. The SMILES string of the molecule is CCCC(=Nc1ccc(C(C)(F)F)cc1C)c1ccc(/C(C)=C/C=C(\C)C2CCC(CC(O)N=O)CC2)cc1F. The van der Waals surface area contributed by atoms with Gasteiger partial charge in [0.05, 0.1) is 11.4 Å². The topological polar surface area (TPSA) is 62.0 Å². The van der Waals surface area contributed by atoms with Gasteiger partial charge in [0.2, 0.25) is 0 Å². The summed E-state index contributed by atoms with van der Waals surface area (Å²) in [6, 6.07) is 9.56. The first-order chi connectivity index (χ1) is 18.9. The highest BCUT2D eigenvalue weighted by Crippen LogP contribution is 2.36. The van der Waals surface area contributed by atoms with Crippen LogP contribution in [-0.4, -0.2) is 17.0 Å². The fourth-order valence-electron chi connectivity index (χ4n) is 5.36. The minimum Gasteiger partial charge on any atom is -0.369 e. The second-order valence-electron chi connectivity index (χ2n) is 11.2. The van der Waals surface area contributed by atoms with Crippen LogP contribution in [0.1, 0.15) is 94.9 Å². The van der Waals surface area contributed by atoms with E-state index in [1.807, 2.05) is 26.0 Å². The lowest BCUT2D eigenvalue weighted by Gasteiger charge is -2.29. The molecule has 1 aliphatic rings. The Morgan fingerprint density at radius 2 is 1.80 bits per heavy atom. The molecule has 0 aliphatic heterocycles. The molecule has 1 fully saturated rings. The van der Waals surface area contributed by atoms with E-state index in [9.17, 15) is 18.8 Å². The van der Waals surface area contributed by atoms with E-state index in [2.05, 4.69) is 23.2 Å². The lowest BCUT2D eigenvalue weighted by atomic mass is 9.77. The molecule has 1 unspecified atom stereocenters. The zero-order valence-electron chi connectivity index (χ0n) is 24.2. The van der Waals surface area contributed by atoms with Crippen LogP contribution in [0.3, 0.4) is 0 Å². The zero-order chi connectivity index (χ0) is 29.4. The average Bonchev–Trinajstić information content (AvgIpc) is 2.92. The summed E-state index contributed by atoms with van der Waals surface area (Å²) in [5, 5.41) is 12.2. The number of aliphatic hydroxyl groups is 1. The molecule has 0 aromatic heterocycles. The summed E-state index contributed by atoms with van der Waals surface area (Å²) in [5.74, 6) is -2.51. The van der Waals surface area contributed by atoms with Gasteiger partial charge in [-0.05, 0) is 111 Å². The number of nitrogens with zero attached hydrogens (tertiary/aromatic N) is 2. The van der Waals surface area contributed by atoms with Crippen LogP contribution in [-0.2, 0) is 5.92 Å². The monoisotopic (exact) mass is 554 g/mol. The Hall–Kier alpha value is -3.06. The number of hydrogen-bond donors (Lipinski definition) is 1. The summed E-state index contributed by atoms with van der Waals surface area (Å²) in [6.07, 6.45) is 8.74. The fourth-order valence-corrected chi connectivity index (χ4v) is 5.36. The summed E-state index contributed by atoms with van der Waals surface area (Å²) in [4.78, 5) is 15.2. The van der Waals surface area contributed by atoms with Gasteiger partial charge in [-0.15, -0.1) is 4.91 Å². The predicted octanol–water partition coefficient (Wildman–Crippen LogP) is 9.80. The molecule has 1 saturated carbocycles. The van der Waals surface area contributed by atoms with E-state index >= 15 is 4.39 Å². The van der Waals surface area contributed by atoms with Crippen LogP contribution < -0.4 is 0 Å². The van der Waals surface area contributed by atoms with Crippen molar-refractivity contribution in [1.29, 1.82) is 0 Å². The third kappa shape index (κ3) is 8.47. The summed E-state index contributed by atoms with van der Waals surface area (Å²) in [6.45, 7) is 8.67. The van der Waals surface area contributed by atoms with Crippen molar-refractivity contribution in [2.24, 2.45) is 22.0 Å². The van der Waals surface area contributed by atoms with Crippen molar-refractivity contribution < 1.29 is 18.3 Å². The Morgan fingerprint density at radius 3 is 2.38 bits per heavy atom. The van der Waals surface area contributed by atoms with Crippen LogP contribution in [0.4, 0.5) is 18.9 Å². The van der Waals surface area contributed by atoms with Crippen LogP contribution in [0, 0.1) is 29.5 Å². The van der Waals surface area contributed by atoms with Gasteiger partial charge >= 0.3 is 0 Å². The molecule has 1 aliphatic carbocycles. The normalized spacial score (nSPS) is 20.0. The summed E-state index contributed by atoms with van der Waals surface area (Å²) >= 11 is 0. The maximum absolute atomic E-state index is 15.4. The van der Waals surface area contributed by atoms with Crippen LogP contribution in [0.2, 0.25) is 0 Å². The number of aryl methyl sites for hydroxylation is 1. The van der Waals surface area contributed by atoms with E-state index in [0.717, 1.165) is 50.2 Å². The molecule has 7 heteroatoms. The molecule has 1 N–H and O–H groups in total.